The first-order valence-corrected chi connectivity index (χ1v) is 11.9. The highest BCUT2D eigenvalue weighted by atomic mass is 32.2. The Balaban J connectivity index is 1.54. The molecule has 10 heteroatoms. The van der Waals surface area contributed by atoms with Crippen LogP contribution in [-0.2, 0) is 14.8 Å². The molecule has 3 aromatic rings. The van der Waals surface area contributed by atoms with E-state index in [1.807, 2.05) is 0 Å². The van der Waals surface area contributed by atoms with Crippen molar-refractivity contribution < 1.29 is 18.0 Å². The van der Waals surface area contributed by atoms with E-state index in [1.54, 1.807) is 30.0 Å². The Kier molecular flexibility index (Phi) is 6.05. The maximum atomic E-state index is 13.1. The molecule has 1 fully saturated rings. The molecule has 1 aliphatic heterocycles. The Morgan fingerprint density at radius 2 is 1.73 bits per heavy atom. The smallest absolute Gasteiger partial charge is 0.255 e. The normalized spacial score (nSPS) is 14.9. The van der Waals surface area contributed by atoms with Crippen LogP contribution in [0.3, 0.4) is 0 Å². The van der Waals surface area contributed by atoms with Gasteiger partial charge in [-0.15, -0.1) is 0 Å². The van der Waals surface area contributed by atoms with Crippen molar-refractivity contribution in [3.63, 3.8) is 0 Å². The number of fused-ring (bicyclic) bond motifs is 1. The zero-order valence-electron chi connectivity index (χ0n) is 18.3. The minimum Gasteiger partial charge on any atom is -0.358 e. The van der Waals surface area contributed by atoms with E-state index < -0.39 is 15.9 Å². The van der Waals surface area contributed by atoms with Crippen molar-refractivity contribution in [2.24, 2.45) is 0 Å². The Morgan fingerprint density at radius 3 is 2.42 bits per heavy atom. The molecule has 0 atom stereocenters. The Morgan fingerprint density at radius 1 is 1.00 bits per heavy atom. The molecular weight excluding hydrogens is 444 g/mol. The number of benzene rings is 2. The Bertz CT molecular complexity index is 1410. The standard InChI is InChI=1S/C23H24N4O5S/c1-15-12-22(29)20-14-18(6-7-21(20)24-15)25-23(30)17-4-3-5-19(13-17)33(31,32)27-10-8-26(9-11-27)16(2)28/h3-7,12-14H,8-11H2,1-2H3,(H,24,29)(H,25,30). The lowest BCUT2D eigenvalue weighted by atomic mass is 10.1. The number of sulfonamides is 1. The number of carbonyl (C=O) groups is 2. The summed E-state index contributed by atoms with van der Waals surface area (Å²) in [6.07, 6.45) is 0. The van der Waals surface area contributed by atoms with E-state index in [4.69, 9.17) is 0 Å². The molecule has 2 aromatic carbocycles. The summed E-state index contributed by atoms with van der Waals surface area (Å²) in [6, 6.07) is 12.3. The molecule has 9 nitrogen and oxygen atoms in total. The number of anilines is 1. The van der Waals surface area contributed by atoms with Crippen molar-refractivity contribution in [1.82, 2.24) is 14.2 Å². The number of pyridine rings is 1. The number of H-pyrrole nitrogens is 1. The number of rotatable bonds is 4. The van der Waals surface area contributed by atoms with E-state index in [0.717, 1.165) is 5.69 Å². The van der Waals surface area contributed by atoms with E-state index in [-0.39, 0.29) is 34.9 Å². The van der Waals surface area contributed by atoms with Crippen LogP contribution in [0, 0.1) is 6.92 Å². The summed E-state index contributed by atoms with van der Waals surface area (Å²) >= 11 is 0. The number of nitrogens with one attached hydrogen (secondary N) is 2. The molecule has 2 amide bonds. The van der Waals surface area contributed by atoms with Crippen molar-refractivity contribution in [2.75, 3.05) is 31.5 Å². The predicted octanol–water partition coefficient (Wildman–Crippen LogP) is 1.94. The topological polar surface area (TPSA) is 120 Å². The van der Waals surface area contributed by atoms with Crippen molar-refractivity contribution in [3.05, 3.63) is 70.0 Å². The van der Waals surface area contributed by atoms with Crippen molar-refractivity contribution in [2.45, 2.75) is 18.7 Å². The van der Waals surface area contributed by atoms with E-state index >= 15 is 0 Å². The van der Waals surface area contributed by atoms with Gasteiger partial charge in [0.05, 0.1) is 4.90 Å². The number of aryl methyl sites for hydroxylation is 1. The van der Waals surface area contributed by atoms with E-state index in [2.05, 4.69) is 10.3 Å². The highest BCUT2D eigenvalue weighted by Crippen LogP contribution is 2.21. The van der Waals surface area contributed by atoms with Crippen LogP contribution < -0.4 is 10.7 Å². The minimum atomic E-state index is -3.81. The molecule has 0 saturated carbocycles. The molecule has 0 bridgehead atoms. The average molecular weight is 469 g/mol. The first-order valence-electron chi connectivity index (χ1n) is 10.5. The van der Waals surface area contributed by atoms with E-state index in [1.165, 1.54) is 41.6 Å². The zero-order chi connectivity index (χ0) is 23.8. The molecule has 33 heavy (non-hydrogen) atoms. The third kappa shape index (κ3) is 4.67. The largest absolute Gasteiger partial charge is 0.358 e. The number of piperazine rings is 1. The van der Waals surface area contributed by atoms with E-state index in [9.17, 15) is 22.8 Å². The third-order valence-electron chi connectivity index (χ3n) is 5.64. The third-order valence-corrected chi connectivity index (χ3v) is 7.53. The highest BCUT2D eigenvalue weighted by Gasteiger charge is 2.29. The quantitative estimate of drug-likeness (QED) is 0.606. The summed E-state index contributed by atoms with van der Waals surface area (Å²) in [5.74, 6) is -0.576. The number of hydrogen-bond acceptors (Lipinski definition) is 5. The summed E-state index contributed by atoms with van der Waals surface area (Å²) in [5.41, 5.74) is 1.85. The van der Waals surface area contributed by atoms with Gasteiger partial charge in [0, 0.05) is 67.0 Å². The van der Waals surface area contributed by atoms with E-state index in [0.29, 0.717) is 29.7 Å². The second kappa shape index (κ2) is 8.80. The summed E-state index contributed by atoms with van der Waals surface area (Å²) < 4.78 is 27.4. The molecule has 0 radical (unpaired) electrons. The van der Waals surface area contributed by atoms with Crippen LogP contribution in [0.25, 0.3) is 10.9 Å². The first-order chi connectivity index (χ1) is 15.6. The van der Waals surface area contributed by atoms with Crippen molar-refractivity contribution in [1.29, 1.82) is 0 Å². The van der Waals surface area contributed by atoms with Crippen LogP contribution >= 0.6 is 0 Å². The number of hydrogen-bond donors (Lipinski definition) is 2. The lowest BCUT2D eigenvalue weighted by Gasteiger charge is -2.33. The van der Waals surface area contributed by atoms with Crippen molar-refractivity contribution >= 4 is 38.4 Å². The van der Waals surface area contributed by atoms with Gasteiger partial charge in [-0.2, -0.15) is 4.31 Å². The summed E-state index contributed by atoms with van der Waals surface area (Å²) in [5, 5.41) is 3.17. The van der Waals surface area contributed by atoms with Gasteiger partial charge >= 0.3 is 0 Å². The molecule has 1 aliphatic rings. The van der Waals surface area contributed by atoms with Crippen LogP contribution in [0.5, 0.6) is 0 Å². The molecule has 2 N–H and O–H groups in total. The highest BCUT2D eigenvalue weighted by molar-refractivity contribution is 7.89. The van der Waals surface area contributed by atoms with Gasteiger partial charge in [0.25, 0.3) is 5.91 Å². The molecule has 0 aliphatic carbocycles. The molecule has 4 rings (SSSR count). The van der Waals surface area contributed by atoms with Crippen LogP contribution in [0.1, 0.15) is 23.0 Å². The van der Waals surface area contributed by atoms with Crippen molar-refractivity contribution in [3.8, 4) is 0 Å². The van der Waals surface area contributed by atoms with Crippen LogP contribution in [-0.4, -0.2) is 60.6 Å². The van der Waals surface area contributed by atoms with Gasteiger partial charge in [0.15, 0.2) is 5.43 Å². The molecule has 2 heterocycles. The lowest BCUT2D eigenvalue weighted by molar-refractivity contribution is -0.129. The second-order valence-corrected chi connectivity index (χ2v) is 9.91. The Labute approximate surface area is 191 Å². The summed E-state index contributed by atoms with van der Waals surface area (Å²) in [7, 11) is -3.81. The fourth-order valence-corrected chi connectivity index (χ4v) is 5.32. The zero-order valence-corrected chi connectivity index (χ0v) is 19.1. The lowest BCUT2D eigenvalue weighted by Crippen LogP contribution is -2.49. The number of aromatic nitrogens is 1. The number of nitrogens with zero attached hydrogens (tertiary/aromatic N) is 2. The number of carbonyl (C=O) groups excluding carboxylic acids is 2. The fraction of sp³-hybridized carbons (Fsp3) is 0.261. The van der Waals surface area contributed by atoms with Gasteiger partial charge < -0.3 is 15.2 Å². The maximum Gasteiger partial charge on any atom is 0.255 e. The summed E-state index contributed by atoms with van der Waals surface area (Å²) in [4.78, 5) is 41.3. The molecule has 0 spiro atoms. The van der Waals surface area contributed by atoms with Crippen LogP contribution in [0.15, 0.2) is 58.2 Å². The molecular formula is C23H24N4O5S. The van der Waals surface area contributed by atoms with Gasteiger partial charge in [-0.25, -0.2) is 8.42 Å². The second-order valence-electron chi connectivity index (χ2n) is 7.97. The molecule has 0 unspecified atom stereocenters. The fourth-order valence-electron chi connectivity index (χ4n) is 3.85. The average Bonchev–Trinajstić information content (AvgIpc) is 2.79. The van der Waals surface area contributed by atoms with Gasteiger partial charge in [0.2, 0.25) is 15.9 Å². The molecule has 172 valence electrons. The van der Waals surface area contributed by atoms with Gasteiger partial charge in [0.1, 0.15) is 0 Å². The maximum absolute atomic E-state index is 13.1. The number of aromatic amines is 1. The van der Waals surface area contributed by atoms with Gasteiger partial charge in [-0.05, 0) is 43.3 Å². The minimum absolute atomic E-state index is 0.0110. The molecule has 1 aromatic heterocycles. The SMILES string of the molecule is CC(=O)N1CCN(S(=O)(=O)c2cccc(C(=O)Nc3ccc4[nH]c(C)cc(=O)c4c3)c2)CC1. The van der Waals surface area contributed by atoms with Crippen LogP contribution in [0.4, 0.5) is 5.69 Å². The van der Waals surface area contributed by atoms with Gasteiger partial charge in [-0.1, -0.05) is 6.07 Å². The Hall–Kier alpha value is -3.50. The predicted molar refractivity (Wildman–Crippen MR) is 125 cm³/mol. The monoisotopic (exact) mass is 468 g/mol. The number of amides is 2. The first kappa shape index (κ1) is 22.7. The molecule has 1 saturated heterocycles. The van der Waals surface area contributed by atoms with Gasteiger partial charge in [-0.3, -0.25) is 14.4 Å². The van der Waals surface area contributed by atoms with Crippen LogP contribution in [0.2, 0.25) is 0 Å². The summed E-state index contributed by atoms with van der Waals surface area (Å²) in [6.45, 7) is 4.30.